The number of fused-ring (bicyclic) bond motifs is 2. The van der Waals surface area contributed by atoms with Gasteiger partial charge in [0.05, 0.1) is 29.2 Å². The number of hydrogen-bond donors (Lipinski definition) is 0. The van der Waals surface area contributed by atoms with Crippen molar-refractivity contribution in [2.45, 2.75) is 32.4 Å². The molecule has 5 rings (SSSR count). The summed E-state index contributed by atoms with van der Waals surface area (Å²) in [6.07, 6.45) is 6.68. The molecule has 0 saturated heterocycles. The van der Waals surface area contributed by atoms with Crippen LogP contribution in [0.25, 0.3) is 27.8 Å². The molecule has 0 N–H and O–H groups in total. The van der Waals surface area contributed by atoms with Gasteiger partial charge in [-0.25, -0.2) is 18.6 Å². The van der Waals surface area contributed by atoms with Crippen LogP contribution in [0.2, 0.25) is 25.7 Å². The van der Waals surface area contributed by atoms with Crippen LogP contribution in [0.3, 0.4) is 0 Å². The number of carbonyl (C=O) groups excluding carboxylic acids is 1. The molecule has 0 atom stereocenters. The maximum atomic E-state index is 15.0. The van der Waals surface area contributed by atoms with E-state index in [9.17, 15) is 9.18 Å². The minimum atomic E-state index is -1.18. The highest BCUT2D eigenvalue weighted by atomic mass is 28.3. The number of imidazole rings is 1. The number of aryl methyl sites for hydroxylation is 1. The second-order valence-electron chi connectivity index (χ2n) is 9.77. The van der Waals surface area contributed by atoms with Gasteiger partial charge >= 0.3 is 0 Å². The predicted molar refractivity (Wildman–Crippen MR) is 132 cm³/mol. The Bertz CT molecular complexity index is 1550. The number of hydrogen-bond acceptors (Lipinski definition) is 6. The van der Waals surface area contributed by atoms with Crippen molar-refractivity contribution >= 4 is 30.4 Å². The Balaban J connectivity index is 1.42. The molecule has 0 amide bonds. The molecule has 4 aromatic heterocycles. The second-order valence-corrected chi connectivity index (χ2v) is 15.4. The predicted octanol–water partition coefficient (Wildman–Crippen LogP) is 4.16. The lowest BCUT2D eigenvalue weighted by atomic mass is 10.1. The number of halogens is 1. The molecule has 35 heavy (non-hydrogen) atoms. The normalized spacial score (nSPS) is 12.1. The van der Waals surface area contributed by atoms with E-state index in [4.69, 9.17) is 4.74 Å². The Kier molecular flexibility index (Phi) is 5.81. The van der Waals surface area contributed by atoms with Crippen molar-refractivity contribution in [3.63, 3.8) is 0 Å². The topological polar surface area (TPSA) is 92.1 Å². The minimum absolute atomic E-state index is 0.0629. The Morgan fingerprint density at radius 1 is 1.11 bits per heavy atom. The number of ketones is 1. The number of aromatic nitrogens is 7. The molecule has 4 heterocycles. The average molecular weight is 492 g/mol. The van der Waals surface area contributed by atoms with Crippen LogP contribution in [-0.2, 0) is 18.5 Å². The molecular weight excluding hydrogens is 465 g/mol. The van der Waals surface area contributed by atoms with Crippen molar-refractivity contribution in [3.05, 3.63) is 66.1 Å². The standard InChI is InChI=1S/C24H26FN7O2Si/c1-30-13-17(11-27-30)20-5-6-23-26-12-22(32(23)29-20)24(33)18-9-16-14-31(28-21(16)10-19(18)25)15-34-7-8-35(2,3)4/h5-6,9-14H,7-8,15H2,1-4H3. The number of benzene rings is 1. The van der Waals surface area contributed by atoms with Gasteiger partial charge in [0.15, 0.2) is 5.65 Å². The average Bonchev–Trinajstić information content (AvgIpc) is 3.52. The van der Waals surface area contributed by atoms with Crippen LogP contribution in [-0.4, -0.2) is 54.6 Å². The van der Waals surface area contributed by atoms with Gasteiger partial charge in [0.25, 0.3) is 0 Å². The molecule has 180 valence electrons. The summed E-state index contributed by atoms with van der Waals surface area (Å²) in [6, 6.07) is 7.41. The van der Waals surface area contributed by atoms with Gasteiger partial charge in [-0.15, -0.1) is 0 Å². The van der Waals surface area contributed by atoms with Crippen molar-refractivity contribution in [1.29, 1.82) is 0 Å². The SMILES string of the molecule is Cn1cc(-c2ccc3ncc(C(=O)c4cc5cn(COCC[Si](C)(C)C)nc5cc4F)n3n2)cn1. The molecule has 0 aliphatic rings. The van der Waals surface area contributed by atoms with Crippen LogP contribution in [0, 0.1) is 5.82 Å². The molecular formula is C24H26FN7O2Si. The van der Waals surface area contributed by atoms with E-state index >= 15 is 0 Å². The van der Waals surface area contributed by atoms with Gasteiger partial charge in [-0.2, -0.15) is 15.3 Å². The number of rotatable bonds is 8. The van der Waals surface area contributed by atoms with Gasteiger partial charge in [-0.05, 0) is 24.2 Å². The zero-order valence-corrected chi connectivity index (χ0v) is 21.1. The maximum Gasteiger partial charge on any atom is 0.216 e. The van der Waals surface area contributed by atoms with E-state index in [1.165, 1.54) is 22.8 Å². The number of carbonyl (C=O) groups is 1. The first-order valence-corrected chi connectivity index (χ1v) is 15.0. The lowest BCUT2D eigenvalue weighted by Crippen LogP contribution is -2.22. The van der Waals surface area contributed by atoms with E-state index in [1.54, 1.807) is 33.9 Å². The molecule has 1 aromatic carbocycles. The van der Waals surface area contributed by atoms with Crippen LogP contribution < -0.4 is 0 Å². The second kappa shape index (κ2) is 8.82. The van der Waals surface area contributed by atoms with Crippen LogP contribution >= 0.6 is 0 Å². The summed E-state index contributed by atoms with van der Waals surface area (Å²) in [4.78, 5) is 17.6. The van der Waals surface area contributed by atoms with Crippen molar-refractivity contribution in [1.82, 2.24) is 34.2 Å². The van der Waals surface area contributed by atoms with E-state index < -0.39 is 19.7 Å². The summed E-state index contributed by atoms with van der Waals surface area (Å²) in [6.45, 7) is 7.81. The number of nitrogens with zero attached hydrogens (tertiary/aromatic N) is 7. The summed E-state index contributed by atoms with van der Waals surface area (Å²) >= 11 is 0. The van der Waals surface area contributed by atoms with Crippen LogP contribution in [0.5, 0.6) is 0 Å². The molecule has 0 saturated carbocycles. The third kappa shape index (κ3) is 4.77. The lowest BCUT2D eigenvalue weighted by Gasteiger charge is -2.15. The first kappa shape index (κ1) is 23.1. The zero-order chi connectivity index (χ0) is 24.7. The van der Waals surface area contributed by atoms with Crippen molar-refractivity contribution in [2.24, 2.45) is 7.05 Å². The molecule has 0 unspecified atom stereocenters. The monoisotopic (exact) mass is 491 g/mol. The highest BCUT2D eigenvalue weighted by molar-refractivity contribution is 6.76. The van der Waals surface area contributed by atoms with Crippen molar-refractivity contribution in [3.8, 4) is 11.3 Å². The molecule has 0 aliphatic heterocycles. The van der Waals surface area contributed by atoms with E-state index in [2.05, 4.69) is 39.9 Å². The first-order chi connectivity index (χ1) is 16.7. The molecule has 5 aromatic rings. The van der Waals surface area contributed by atoms with Gasteiger partial charge in [-0.1, -0.05) is 19.6 Å². The van der Waals surface area contributed by atoms with Crippen LogP contribution in [0.1, 0.15) is 16.1 Å². The van der Waals surface area contributed by atoms with Gasteiger partial charge in [-0.3, -0.25) is 9.48 Å². The Hall–Kier alpha value is -3.70. The molecule has 0 spiro atoms. The molecule has 0 fully saturated rings. The highest BCUT2D eigenvalue weighted by Gasteiger charge is 2.21. The Morgan fingerprint density at radius 2 is 1.94 bits per heavy atom. The molecule has 0 radical (unpaired) electrons. The largest absolute Gasteiger partial charge is 0.360 e. The summed E-state index contributed by atoms with van der Waals surface area (Å²) in [7, 11) is 0.633. The Morgan fingerprint density at radius 3 is 2.69 bits per heavy atom. The maximum absolute atomic E-state index is 15.0. The third-order valence-electron chi connectivity index (χ3n) is 5.70. The summed E-state index contributed by atoms with van der Waals surface area (Å²) in [5.74, 6) is -1.15. The third-order valence-corrected chi connectivity index (χ3v) is 7.40. The highest BCUT2D eigenvalue weighted by Crippen LogP contribution is 2.23. The lowest BCUT2D eigenvalue weighted by molar-refractivity contribution is 0.0791. The van der Waals surface area contributed by atoms with Gasteiger partial charge in [0, 0.05) is 51.1 Å². The van der Waals surface area contributed by atoms with Gasteiger partial charge in [0.2, 0.25) is 5.78 Å². The molecule has 11 heteroatoms. The van der Waals surface area contributed by atoms with E-state index in [0.717, 1.165) is 11.6 Å². The Labute approximate surface area is 202 Å². The summed E-state index contributed by atoms with van der Waals surface area (Å²) in [5, 5.41) is 13.7. The zero-order valence-electron chi connectivity index (χ0n) is 20.1. The summed E-state index contributed by atoms with van der Waals surface area (Å²) < 4.78 is 25.5. The smallest absolute Gasteiger partial charge is 0.216 e. The van der Waals surface area contributed by atoms with Gasteiger partial charge in [0.1, 0.15) is 18.2 Å². The number of ether oxygens (including phenoxy) is 1. The van der Waals surface area contributed by atoms with E-state index in [-0.39, 0.29) is 18.0 Å². The fourth-order valence-electron chi connectivity index (χ4n) is 3.75. The van der Waals surface area contributed by atoms with E-state index in [0.29, 0.717) is 28.9 Å². The summed E-state index contributed by atoms with van der Waals surface area (Å²) in [5.41, 5.74) is 2.49. The molecule has 0 aliphatic carbocycles. The van der Waals surface area contributed by atoms with Crippen LogP contribution in [0.15, 0.2) is 49.1 Å². The molecule has 9 nitrogen and oxygen atoms in total. The van der Waals surface area contributed by atoms with E-state index in [1.807, 2.05) is 13.2 Å². The fraction of sp³-hybridized carbons (Fsp3) is 0.292. The quantitative estimate of drug-likeness (QED) is 0.184. The molecule has 0 bridgehead atoms. The fourth-order valence-corrected chi connectivity index (χ4v) is 4.50. The van der Waals surface area contributed by atoms with Crippen molar-refractivity contribution < 1.29 is 13.9 Å². The minimum Gasteiger partial charge on any atom is -0.360 e. The first-order valence-electron chi connectivity index (χ1n) is 11.3. The van der Waals surface area contributed by atoms with Crippen molar-refractivity contribution in [2.75, 3.05) is 6.61 Å². The van der Waals surface area contributed by atoms with Crippen LogP contribution in [0.4, 0.5) is 4.39 Å². The van der Waals surface area contributed by atoms with Gasteiger partial charge < -0.3 is 4.74 Å².